The molecule has 0 radical (unpaired) electrons. The van der Waals surface area contributed by atoms with Crippen LogP contribution in [0.3, 0.4) is 0 Å². The van der Waals surface area contributed by atoms with E-state index in [-0.39, 0.29) is 11.1 Å². The molecule has 0 N–H and O–H groups in total. The zero-order chi connectivity index (χ0) is 26.2. The Labute approximate surface area is 224 Å². The first-order chi connectivity index (χ1) is 18.5. The lowest BCUT2D eigenvalue weighted by molar-refractivity contribution is 0.413. The monoisotopic (exact) mass is 518 g/mol. The molecule has 2 aromatic heterocycles. The van der Waals surface area contributed by atoms with Crippen molar-refractivity contribution in [2.75, 3.05) is 7.11 Å². The highest BCUT2D eigenvalue weighted by Gasteiger charge is 2.20. The molecule has 0 spiro atoms. The topological polar surface area (TPSA) is 61.9 Å². The third-order valence-corrected chi connectivity index (χ3v) is 6.75. The molecule has 38 heavy (non-hydrogen) atoms. The van der Waals surface area contributed by atoms with Crippen LogP contribution in [-0.2, 0) is 0 Å². The van der Waals surface area contributed by atoms with Gasteiger partial charge in [-0.1, -0.05) is 72.3 Å². The maximum absolute atomic E-state index is 13.9. The van der Waals surface area contributed by atoms with Gasteiger partial charge < -0.3 is 4.74 Å². The van der Waals surface area contributed by atoms with Crippen molar-refractivity contribution in [3.63, 3.8) is 0 Å². The summed E-state index contributed by atoms with van der Waals surface area (Å²) in [6, 6.07) is 31.2. The molecule has 4 aromatic carbocycles. The maximum Gasteiger partial charge on any atom is 0.286 e. The van der Waals surface area contributed by atoms with E-state index in [1.165, 1.54) is 0 Å². The zero-order valence-corrected chi connectivity index (χ0v) is 21.6. The van der Waals surface area contributed by atoms with Crippen LogP contribution in [0.1, 0.15) is 5.56 Å². The molecule has 0 bridgehead atoms. The highest BCUT2D eigenvalue weighted by molar-refractivity contribution is 6.30. The third-order valence-electron chi connectivity index (χ3n) is 6.50. The molecule has 7 heteroatoms. The van der Waals surface area contributed by atoms with Crippen LogP contribution in [0.2, 0.25) is 5.02 Å². The van der Waals surface area contributed by atoms with Gasteiger partial charge >= 0.3 is 0 Å². The minimum Gasteiger partial charge on any atom is -0.495 e. The third kappa shape index (κ3) is 4.15. The lowest BCUT2D eigenvalue weighted by Gasteiger charge is -2.15. The number of ether oxygens (including phenoxy) is 1. The van der Waals surface area contributed by atoms with E-state index in [9.17, 15) is 4.79 Å². The predicted molar refractivity (Wildman–Crippen MR) is 152 cm³/mol. The van der Waals surface area contributed by atoms with E-state index < -0.39 is 0 Å². The number of fused-ring (bicyclic) bond motifs is 1. The van der Waals surface area contributed by atoms with Crippen molar-refractivity contribution < 1.29 is 4.74 Å². The van der Waals surface area contributed by atoms with Crippen LogP contribution in [0, 0.1) is 6.92 Å². The minimum absolute atomic E-state index is 0.258. The summed E-state index contributed by atoms with van der Waals surface area (Å²) in [7, 11) is 1.62. The summed E-state index contributed by atoms with van der Waals surface area (Å²) in [5.41, 5.74) is 5.88. The van der Waals surface area contributed by atoms with E-state index in [2.05, 4.69) is 17.1 Å². The number of imidazole rings is 1. The molecule has 6 aromatic rings. The number of benzene rings is 4. The summed E-state index contributed by atoms with van der Waals surface area (Å²) >= 11 is 6.15. The molecule has 0 aliphatic heterocycles. The van der Waals surface area contributed by atoms with E-state index >= 15 is 0 Å². The van der Waals surface area contributed by atoms with Gasteiger partial charge in [0.2, 0.25) is 0 Å². The summed E-state index contributed by atoms with van der Waals surface area (Å²) in [6.07, 6.45) is 1.62. The van der Waals surface area contributed by atoms with E-state index in [0.29, 0.717) is 27.9 Å². The highest BCUT2D eigenvalue weighted by atomic mass is 35.5. The van der Waals surface area contributed by atoms with Crippen molar-refractivity contribution in [1.82, 2.24) is 19.1 Å². The van der Waals surface area contributed by atoms with Crippen molar-refractivity contribution in [3.8, 4) is 39.6 Å². The summed E-state index contributed by atoms with van der Waals surface area (Å²) in [5, 5.41) is 0.584. The number of aryl methyl sites for hydroxylation is 1. The Morgan fingerprint density at radius 2 is 1.50 bits per heavy atom. The molecule has 0 aliphatic rings. The second-order valence-electron chi connectivity index (χ2n) is 8.96. The molecular formula is C31H23ClN4O2. The number of hydrogen-bond acceptors (Lipinski definition) is 4. The fraction of sp³-hybridized carbons (Fsp3) is 0.0645. The Hall–Kier alpha value is -4.68. The van der Waals surface area contributed by atoms with Crippen molar-refractivity contribution in [2.24, 2.45) is 0 Å². The first kappa shape index (κ1) is 23.7. The summed E-state index contributed by atoms with van der Waals surface area (Å²) in [5.74, 6) is 1.16. The predicted octanol–water partition coefficient (Wildman–Crippen LogP) is 6.88. The van der Waals surface area contributed by atoms with Crippen LogP contribution in [-0.4, -0.2) is 26.2 Å². The van der Waals surface area contributed by atoms with E-state index in [0.717, 1.165) is 27.9 Å². The number of halogens is 1. The molecule has 186 valence electrons. The summed E-state index contributed by atoms with van der Waals surface area (Å²) in [6.45, 7) is 2.00. The Morgan fingerprint density at radius 1 is 0.816 bits per heavy atom. The molecule has 0 saturated heterocycles. The van der Waals surface area contributed by atoms with Crippen molar-refractivity contribution >= 4 is 22.8 Å². The largest absolute Gasteiger partial charge is 0.495 e. The lowest BCUT2D eigenvalue weighted by atomic mass is 10.0. The van der Waals surface area contributed by atoms with E-state index in [1.54, 1.807) is 46.8 Å². The first-order valence-corrected chi connectivity index (χ1v) is 12.5. The van der Waals surface area contributed by atoms with Gasteiger partial charge in [0, 0.05) is 10.6 Å². The average Bonchev–Trinajstić information content (AvgIpc) is 3.38. The van der Waals surface area contributed by atoms with Crippen LogP contribution in [0.4, 0.5) is 0 Å². The number of nitrogens with zero attached hydrogens (tertiary/aromatic N) is 4. The number of methoxy groups -OCH3 is 1. The van der Waals surface area contributed by atoms with Gasteiger partial charge in [0.05, 0.1) is 18.5 Å². The molecule has 0 unspecified atom stereocenters. The van der Waals surface area contributed by atoms with E-state index in [1.807, 2.05) is 67.6 Å². The molecule has 6 rings (SSSR count). The summed E-state index contributed by atoms with van der Waals surface area (Å²) < 4.78 is 8.99. The number of hydrogen-bond donors (Lipinski definition) is 0. The zero-order valence-electron chi connectivity index (χ0n) is 20.8. The van der Waals surface area contributed by atoms with Crippen LogP contribution in [0.15, 0.2) is 108 Å². The maximum atomic E-state index is 13.9. The van der Waals surface area contributed by atoms with Gasteiger partial charge in [-0.3, -0.25) is 13.9 Å². The standard InChI is InChI=1S/C31H23ClN4O2/c1-20-8-17-27(38-2)26(18-20)35-19-33-28-30(35)34-29(36(31(28)37)25-15-13-24(32)14-16-25)23-11-9-22(10-12-23)21-6-4-3-5-7-21/h3-19H,1-2H3. The molecular weight excluding hydrogens is 496 g/mol. The number of rotatable bonds is 5. The van der Waals surface area contributed by atoms with Gasteiger partial charge in [-0.2, -0.15) is 0 Å². The minimum atomic E-state index is -0.273. The van der Waals surface area contributed by atoms with Crippen LogP contribution < -0.4 is 10.3 Å². The van der Waals surface area contributed by atoms with Crippen molar-refractivity contribution in [1.29, 1.82) is 0 Å². The molecule has 0 saturated carbocycles. The second-order valence-corrected chi connectivity index (χ2v) is 9.39. The van der Waals surface area contributed by atoms with Crippen LogP contribution in [0.25, 0.3) is 45.1 Å². The first-order valence-electron chi connectivity index (χ1n) is 12.1. The van der Waals surface area contributed by atoms with Crippen molar-refractivity contribution in [3.05, 3.63) is 124 Å². The smallest absolute Gasteiger partial charge is 0.286 e. The normalized spacial score (nSPS) is 11.1. The van der Waals surface area contributed by atoms with Crippen LogP contribution >= 0.6 is 11.6 Å². The van der Waals surface area contributed by atoms with Gasteiger partial charge in [0.25, 0.3) is 5.56 Å². The Bertz CT molecular complexity index is 1820. The Balaban J connectivity index is 1.61. The Kier molecular flexibility index (Phi) is 6.02. The van der Waals surface area contributed by atoms with Gasteiger partial charge in [-0.25, -0.2) is 9.97 Å². The molecule has 0 atom stereocenters. The molecule has 0 fully saturated rings. The fourth-order valence-corrected chi connectivity index (χ4v) is 4.71. The van der Waals surface area contributed by atoms with Crippen LogP contribution in [0.5, 0.6) is 5.75 Å². The Morgan fingerprint density at radius 3 is 2.21 bits per heavy atom. The molecule has 0 aliphatic carbocycles. The highest BCUT2D eigenvalue weighted by Crippen LogP contribution is 2.29. The SMILES string of the molecule is COc1ccc(C)cc1-n1cnc2c(=O)n(-c3ccc(Cl)cc3)c(-c3ccc(-c4ccccc4)cc3)nc21. The summed E-state index contributed by atoms with van der Waals surface area (Å²) in [4.78, 5) is 23.4. The number of aromatic nitrogens is 4. The van der Waals surface area contributed by atoms with Crippen molar-refractivity contribution in [2.45, 2.75) is 6.92 Å². The fourth-order valence-electron chi connectivity index (χ4n) is 4.58. The second kappa shape index (κ2) is 9.65. The van der Waals surface area contributed by atoms with Gasteiger partial charge in [0.1, 0.15) is 17.9 Å². The quantitative estimate of drug-likeness (QED) is 0.250. The lowest BCUT2D eigenvalue weighted by Crippen LogP contribution is -2.22. The van der Waals surface area contributed by atoms with Gasteiger partial charge in [0.15, 0.2) is 11.2 Å². The van der Waals surface area contributed by atoms with E-state index in [4.69, 9.17) is 21.3 Å². The van der Waals surface area contributed by atoms with Gasteiger partial charge in [-0.05, 0) is 60.0 Å². The average molecular weight is 519 g/mol. The molecule has 2 heterocycles. The van der Waals surface area contributed by atoms with Gasteiger partial charge in [-0.15, -0.1) is 0 Å². The molecule has 0 amide bonds. The molecule has 6 nitrogen and oxygen atoms in total.